The maximum absolute atomic E-state index is 13.9. The Morgan fingerprint density at radius 1 is 0.902 bits per heavy atom. The Bertz CT molecular complexity index is 1400. The number of aryl methyl sites for hydroxylation is 1. The number of halogens is 1. The zero-order valence-corrected chi connectivity index (χ0v) is 26.6. The van der Waals surface area contributed by atoms with Gasteiger partial charge in [-0.2, -0.15) is 0 Å². The first-order chi connectivity index (χ1) is 19.5. The summed E-state index contributed by atoms with van der Waals surface area (Å²) in [4.78, 5) is 29.0. The van der Waals surface area contributed by atoms with Gasteiger partial charge in [0.1, 0.15) is 6.04 Å². The van der Waals surface area contributed by atoms with Crippen LogP contribution in [0.25, 0.3) is 0 Å². The molecule has 0 radical (unpaired) electrons. The van der Waals surface area contributed by atoms with Gasteiger partial charge in [-0.1, -0.05) is 77.5 Å². The number of hydrogen-bond donors (Lipinski definition) is 1. The molecule has 0 bridgehead atoms. The summed E-state index contributed by atoms with van der Waals surface area (Å²) in [6, 6.07) is 23.9. The average molecular weight is 643 g/mol. The fraction of sp³-hybridized carbons (Fsp3) is 0.375. The van der Waals surface area contributed by atoms with Gasteiger partial charge in [0.2, 0.25) is 21.8 Å². The number of amides is 2. The molecule has 0 fully saturated rings. The highest BCUT2D eigenvalue weighted by Gasteiger charge is 2.31. The standard InChI is InChI=1S/C32H40BrN3O4S/c1-5-25-16-18-29(19-17-25)36(41(4,39)40)20-10-15-31(37)35(23-27-13-9-14-28(33)21-27)30(32(38)34-24(2)3)22-26-11-7-6-8-12-26/h6-9,11-14,16-19,21,24,30H,5,10,15,20,22-23H2,1-4H3,(H,34,38)/t30-/m0/s1. The molecule has 2 amide bonds. The van der Waals surface area contributed by atoms with E-state index in [2.05, 4.69) is 21.2 Å². The minimum Gasteiger partial charge on any atom is -0.352 e. The largest absolute Gasteiger partial charge is 0.352 e. The van der Waals surface area contributed by atoms with Gasteiger partial charge in [-0.25, -0.2) is 8.42 Å². The van der Waals surface area contributed by atoms with E-state index in [-0.39, 0.29) is 37.4 Å². The van der Waals surface area contributed by atoms with E-state index in [9.17, 15) is 18.0 Å². The summed E-state index contributed by atoms with van der Waals surface area (Å²) in [6.45, 7) is 6.23. The third-order valence-corrected chi connectivity index (χ3v) is 8.42. The van der Waals surface area contributed by atoms with Crippen LogP contribution in [0.5, 0.6) is 0 Å². The summed E-state index contributed by atoms with van der Waals surface area (Å²) < 4.78 is 27.5. The van der Waals surface area contributed by atoms with Crippen molar-refractivity contribution in [3.8, 4) is 0 Å². The van der Waals surface area contributed by atoms with Crippen molar-refractivity contribution in [2.75, 3.05) is 17.1 Å². The van der Waals surface area contributed by atoms with Crippen LogP contribution < -0.4 is 9.62 Å². The highest BCUT2D eigenvalue weighted by Crippen LogP contribution is 2.22. The molecule has 3 rings (SSSR count). The van der Waals surface area contributed by atoms with Gasteiger partial charge in [-0.3, -0.25) is 13.9 Å². The predicted octanol–water partition coefficient (Wildman–Crippen LogP) is 5.72. The normalized spacial score (nSPS) is 12.1. The number of carbonyl (C=O) groups is 2. The molecule has 1 atom stereocenters. The summed E-state index contributed by atoms with van der Waals surface area (Å²) in [5.41, 5.74) is 3.52. The Morgan fingerprint density at radius 3 is 2.15 bits per heavy atom. The van der Waals surface area contributed by atoms with Gasteiger partial charge in [0.25, 0.3) is 0 Å². The fourth-order valence-electron chi connectivity index (χ4n) is 4.67. The van der Waals surface area contributed by atoms with Crippen molar-refractivity contribution in [1.82, 2.24) is 10.2 Å². The first kappa shape index (κ1) is 32.3. The second kappa shape index (κ2) is 15.2. The van der Waals surface area contributed by atoms with Crippen LogP contribution in [0.15, 0.2) is 83.3 Å². The van der Waals surface area contributed by atoms with Gasteiger partial charge in [-0.15, -0.1) is 0 Å². The Morgan fingerprint density at radius 2 is 1.56 bits per heavy atom. The molecule has 1 N–H and O–H groups in total. The topological polar surface area (TPSA) is 86.8 Å². The first-order valence-electron chi connectivity index (χ1n) is 13.9. The van der Waals surface area contributed by atoms with E-state index in [0.717, 1.165) is 27.6 Å². The van der Waals surface area contributed by atoms with Gasteiger partial charge >= 0.3 is 0 Å². The van der Waals surface area contributed by atoms with E-state index < -0.39 is 16.1 Å². The van der Waals surface area contributed by atoms with E-state index in [0.29, 0.717) is 18.5 Å². The lowest BCUT2D eigenvalue weighted by Gasteiger charge is -2.32. The summed E-state index contributed by atoms with van der Waals surface area (Å²) in [5.74, 6) is -0.430. The highest BCUT2D eigenvalue weighted by molar-refractivity contribution is 9.10. The molecule has 3 aromatic rings. The third-order valence-electron chi connectivity index (χ3n) is 6.73. The molecular formula is C32H40BrN3O4S. The summed E-state index contributed by atoms with van der Waals surface area (Å²) in [7, 11) is -3.55. The Balaban J connectivity index is 1.87. The molecule has 9 heteroatoms. The predicted molar refractivity (Wildman–Crippen MR) is 169 cm³/mol. The average Bonchev–Trinajstić information content (AvgIpc) is 2.92. The smallest absolute Gasteiger partial charge is 0.243 e. The zero-order chi connectivity index (χ0) is 30.0. The molecule has 0 unspecified atom stereocenters. The Hall–Kier alpha value is -3.17. The monoisotopic (exact) mass is 641 g/mol. The lowest BCUT2D eigenvalue weighted by atomic mass is 10.0. The Kier molecular flexibility index (Phi) is 12.0. The van der Waals surface area contributed by atoms with E-state index in [4.69, 9.17) is 0 Å². The number of nitrogens with zero attached hydrogens (tertiary/aromatic N) is 2. The zero-order valence-electron chi connectivity index (χ0n) is 24.2. The van der Waals surface area contributed by atoms with E-state index in [1.165, 1.54) is 10.6 Å². The SMILES string of the molecule is CCc1ccc(N(CCCC(=O)N(Cc2cccc(Br)c2)[C@@H](Cc2ccccc2)C(=O)NC(C)C)S(C)(=O)=O)cc1. The summed E-state index contributed by atoms with van der Waals surface area (Å²) in [5, 5.41) is 2.99. The number of hydrogen-bond acceptors (Lipinski definition) is 4. The van der Waals surface area contributed by atoms with Crippen molar-refractivity contribution in [1.29, 1.82) is 0 Å². The van der Waals surface area contributed by atoms with Crippen molar-refractivity contribution in [3.05, 3.63) is 100 Å². The molecule has 220 valence electrons. The van der Waals surface area contributed by atoms with E-state index in [1.54, 1.807) is 17.0 Å². The van der Waals surface area contributed by atoms with Crippen LogP contribution in [0.1, 0.15) is 50.3 Å². The first-order valence-corrected chi connectivity index (χ1v) is 16.6. The molecule has 0 aliphatic heterocycles. The number of sulfonamides is 1. The summed E-state index contributed by atoms with van der Waals surface area (Å²) in [6.07, 6.45) is 2.79. The molecule has 3 aromatic carbocycles. The lowest BCUT2D eigenvalue weighted by molar-refractivity contribution is -0.141. The molecule has 0 aliphatic rings. The quantitative estimate of drug-likeness (QED) is 0.244. The molecule has 7 nitrogen and oxygen atoms in total. The molecule has 0 saturated heterocycles. The van der Waals surface area contributed by atoms with Crippen LogP contribution >= 0.6 is 15.9 Å². The van der Waals surface area contributed by atoms with Gasteiger partial charge < -0.3 is 10.2 Å². The van der Waals surface area contributed by atoms with Crippen molar-refractivity contribution in [2.45, 2.75) is 65.1 Å². The minimum absolute atomic E-state index is 0.0906. The number of carbonyl (C=O) groups excluding carboxylic acids is 2. The van der Waals surface area contributed by atoms with E-state index in [1.807, 2.05) is 87.5 Å². The Labute approximate surface area is 253 Å². The van der Waals surface area contributed by atoms with Crippen LogP contribution in [0.3, 0.4) is 0 Å². The maximum atomic E-state index is 13.9. The van der Waals surface area contributed by atoms with Gasteiger partial charge in [0.15, 0.2) is 0 Å². The molecular weight excluding hydrogens is 602 g/mol. The molecule has 0 spiro atoms. The van der Waals surface area contributed by atoms with Crippen molar-refractivity contribution in [3.63, 3.8) is 0 Å². The maximum Gasteiger partial charge on any atom is 0.243 e. The van der Waals surface area contributed by atoms with Crippen LogP contribution in [0.2, 0.25) is 0 Å². The van der Waals surface area contributed by atoms with Gasteiger partial charge in [0.05, 0.1) is 11.9 Å². The molecule has 0 aromatic heterocycles. The van der Waals surface area contributed by atoms with Crippen LogP contribution in [-0.2, 0) is 39.0 Å². The van der Waals surface area contributed by atoms with Crippen LogP contribution in [0.4, 0.5) is 5.69 Å². The number of benzene rings is 3. The fourth-order valence-corrected chi connectivity index (χ4v) is 6.08. The molecule has 0 saturated carbocycles. The number of nitrogens with one attached hydrogen (secondary N) is 1. The van der Waals surface area contributed by atoms with Gasteiger partial charge in [0, 0.05) is 36.4 Å². The summed E-state index contributed by atoms with van der Waals surface area (Å²) >= 11 is 3.50. The van der Waals surface area contributed by atoms with Crippen LogP contribution in [-0.4, -0.2) is 50.0 Å². The molecule has 0 aliphatic carbocycles. The molecule has 0 heterocycles. The second-order valence-electron chi connectivity index (χ2n) is 10.5. The van der Waals surface area contributed by atoms with Crippen molar-refractivity contribution >= 4 is 43.5 Å². The van der Waals surface area contributed by atoms with Crippen molar-refractivity contribution in [2.24, 2.45) is 0 Å². The second-order valence-corrected chi connectivity index (χ2v) is 13.3. The number of anilines is 1. The number of rotatable bonds is 14. The van der Waals surface area contributed by atoms with Gasteiger partial charge in [-0.05, 0) is 67.6 Å². The lowest BCUT2D eigenvalue weighted by Crippen LogP contribution is -2.51. The highest BCUT2D eigenvalue weighted by atomic mass is 79.9. The van der Waals surface area contributed by atoms with E-state index >= 15 is 0 Å². The van der Waals surface area contributed by atoms with Crippen molar-refractivity contribution < 1.29 is 18.0 Å². The third kappa shape index (κ3) is 10.0. The minimum atomic E-state index is -3.55. The van der Waals surface area contributed by atoms with Crippen LogP contribution in [0, 0.1) is 0 Å². The molecule has 41 heavy (non-hydrogen) atoms.